The summed E-state index contributed by atoms with van der Waals surface area (Å²) in [6.07, 6.45) is -1.17. The molecule has 3 atom stereocenters. The van der Waals surface area contributed by atoms with Gasteiger partial charge in [-0.1, -0.05) is 30.3 Å². The third-order valence-corrected chi connectivity index (χ3v) is 7.79. The second kappa shape index (κ2) is 9.41. The number of anilines is 2. The normalized spacial score (nSPS) is 20.9. The predicted octanol–water partition coefficient (Wildman–Crippen LogP) is 4.50. The van der Waals surface area contributed by atoms with Crippen molar-refractivity contribution in [3.05, 3.63) is 86.3 Å². The molecule has 2 amide bonds. The van der Waals surface area contributed by atoms with Crippen LogP contribution in [0.2, 0.25) is 0 Å². The zero-order valence-electron chi connectivity index (χ0n) is 20.2. The number of carbonyl (C=O) groups excluding carboxylic acids is 3. The van der Waals surface area contributed by atoms with E-state index in [1.54, 1.807) is 51.1 Å². The number of thiophene rings is 1. The van der Waals surface area contributed by atoms with Crippen LogP contribution < -0.4 is 9.96 Å². The Morgan fingerprint density at radius 3 is 2.51 bits per heavy atom. The van der Waals surface area contributed by atoms with Crippen LogP contribution in [-0.4, -0.2) is 35.4 Å². The van der Waals surface area contributed by atoms with E-state index < -0.39 is 40.8 Å². The monoisotopic (exact) mass is 521 g/mol. The SMILES string of the molecule is CCOC(=O)c1c(N2C(=O)[C@H]3[C@H](ON(c4ccccc4)[C@@H]3c3cccc([N+](=O)[O-])c3)C2=O)sc(C)c1C. The van der Waals surface area contributed by atoms with Crippen LogP contribution in [-0.2, 0) is 19.2 Å². The average Bonchev–Trinajstić information content (AvgIpc) is 3.50. The van der Waals surface area contributed by atoms with Crippen molar-refractivity contribution in [2.24, 2.45) is 5.92 Å². The van der Waals surface area contributed by atoms with Crippen LogP contribution in [0.5, 0.6) is 0 Å². The molecule has 2 fully saturated rings. The fourth-order valence-corrected chi connectivity index (χ4v) is 5.94. The number of nitro benzene ring substituents is 1. The van der Waals surface area contributed by atoms with Crippen molar-refractivity contribution in [3.63, 3.8) is 0 Å². The van der Waals surface area contributed by atoms with E-state index in [9.17, 15) is 24.5 Å². The van der Waals surface area contributed by atoms with Gasteiger partial charge in [0.15, 0.2) is 6.10 Å². The van der Waals surface area contributed by atoms with Crippen molar-refractivity contribution in [2.45, 2.75) is 32.9 Å². The molecule has 2 aliphatic rings. The summed E-state index contributed by atoms with van der Waals surface area (Å²) in [5.41, 5.74) is 1.72. The molecule has 0 aliphatic carbocycles. The van der Waals surface area contributed by atoms with Gasteiger partial charge in [-0.25, -0.2) is 14.8 Å². The quantitative estimate of drug-likeness (QED) is 0.201. The molecule has 0 saturated carbocycles. The van der Waals surface area contributed by atoms with E-state index in [4.69, 9.17) is 9.57 Å². The topological polar surface area (TPSA) is 119 Å². The van der Waals surface area contributed by atoms with Crippen LogP contribution in [0.4, 0.5) is 16.4 Å². The van der Waals surface area contributed by atoms with Crippen molar-refractivity contribution in [3.8, 4) is 0 Å². The van der Waals surface area contributed by atoms with Crippen LogP contribution in [0.25, 0.3) is 0 Å². The van der Waals surface area contributed by atoms with Crippen molar-refractivity contribution >= 4 is 45.5 Å². The number of non-ortho nitro benzene ring substituents is 1. The number of hydrogen-bond acceptors (Lipinski definition) is 9. The first-order chi connectivity index (χ1) is 17.7. The Bertz CT molecular complexity index is 1420. The summed E-state index contributed by atoms with van der Waals surface area (Å²) < 4.78 is 5.20. The number of amides is 2. The molecule has 0 unspecified atom stereocenters. The number of benzene rings is 2. The molecular formula is C26H23N3O7S. The number of para-hydroxylation sites is 1. The minimum Gasteiger partial charge on any atom is -0.462 e. The molecule has 3 aromatic rings. The van der Waals surface area contributed by atoms with Gasteiger partial charge < -0.3 is 4.74 Å². The number of carbonyl (C=O) groups is 3. The van der Waals surface area contributed by atoms with Gasteiger partial charge in [-0.3, -0.25) is 24.5 Å². The highest BCUT2D eigenvalue weighted by Crippen LogP contribution is 2.49. The molecule has 1 aromatic heterocycles. The molecule has 37 heavy (non-hydrogen) atoms. The standard InChI is InChI=1S/C26H23N3O7S/c1-4-35-26(32)19-14(2)15(3)37-25(19)27-23(30)20-21(16-9-8-12-18(13-16)29(33)34)28(36-22(20)24(27)31)17-10-6-5-7-11-17/h5-13,20-22H,4H2,1-3H3/t20-,21-,22+/m1/s1. The number of hydroxylamine groups is 1. The Kier molecular flexibility index (Phi) is 6.26. The first-order valence-electron chi connectivity index (χ1n) is 11.6. The van der Waals surface area contributed by atoms with E-state index >= 15 is 0 Å². The zero-order valence-corrected chi connectivity index (χ0v) is 21.1. The molecule has 2 aromatic carbocycles. The number of nitro groups is 1. The highest BCUT2D eigenvalue weighted by molar-refractivity contribution is 7.17. The minimum atomic E-state index is -1.17. The number of ether oxygens (including phenoxy) is 1. The maximum Gasteiger partial charge on any atom is 0.341 e. The molecule has 10 nitrogen and oxygen atoms in total. The van der Waals surface area contributed by atoms with Gasteiger partial charge in [-0.15, -0.1) is 11.3 Å². The van der Waals surface area contributed by atoms with E-state index in [-0.39, 0.29) is 22.9 Å². The molecule has 0 N–H and O–H groups in total. The number of fused-ring (bicyclic) bond motifs is 1. The van der Waals surface area contributed by atoms with Gasteiger partial charge in [-0.05, 0) is 44.0 Å². The van der Waals surface area contributed by atoms with E-state index in [2.05, 4.69) is 0 Å². The average molecular weight is 522 g/mol. The highest BCUT2D eigenvalue weighted by atomic mass is 32.1. The molecule has 0 radical (unpaired) electrons. The fourth-order valence-electron chi connectivity index (χ4n) is 4.78. The summed E-state index contributed by atoms with van der Waals surface area (Å²) in [6, 6.07) is 14.1. The van der Waals surface area contributed by atoms with Gasteiger partial charge in [0.25, 0.3) is 11.6 Å². The molecule has 11 heteroatoms. The predicted molar refractivity (Wildman–Crippen MR) is 135 cm³/mol. The minimum absolute atomic E-state index is 0.142. The van der Waals surface area contributed by atoms with Gasteiger partial charge in [0.1, 0.15) is 10.9 Å². The smallest absolute Gasteiger partial charge is 0.341 e. The Morgan fingerprint density at radius 1 is 1.11 bits per heavy atom. The van der Waals surface area contributed by atoms with Crippen molar-refractivity contribution in [2.75, 3.05) is 16.6 Å². The second-order valence-corrected chi connectivity index (χ2v) is 9.91. The van der Waals surface area contributed by atoms with E-state index in [1.165, 1.54) is 23.3 Å². The van der Waals surface area contributed by atoms with Crippen LogP contribution in [0.3, 0.4) is 0 Å². The van der Waals surface area contributed by atoms with Crippen LogP contribution in [0.15, 0.2) is 54.6 Å². The Balaban J connectivity index is 1.61. The first-order valence-corrected chi connectivity index (χ1v) is 12.5. The van der Waals surface area contributed by atoms with E-state index in [1.807, 2.05) is 6.07 Å². The van der Waals surface area contributed by atoms with Crippen molar-refractivity contribution in [1.82, 2.24) is 0 Å². The summed E-state index contributed by atoms with van der Waals surface area (Å²) in [7, 11) is 0. The van der Waals surface area contributed by atoms with Crippen molar-refractivity contribution in [1.29, 1.82) is 0 Å². The first kappa shape index (κ1) is 24.6. The molecule has 190 valence electrons. The van der Waals surface area contributed by atoms with Gasteiger partial charge in [0.2, 0.25) is 5.91 Å². The highest BCUT2D eigenvalue weighted by Gasteiger charge is 2.61. The summed E-state index contributed by atoms with van der Waals surface area (Å²) in [5.74, 6) is -2.75. The molecular weight excluding hydrogens is 498 g/mol. The van der Waals surface area contributed by atoms with E-state index in [0.29, 0.717) is 16.8 Å². The fraction of sp³-hybridized carbons (Fsp3) is 0.269. The van der Waals surface area contributed by atoms with Crippen LogP contribution in [0.1, 0.15) is 39.3 Å². The van der Waals surface area contributed by atoms with Crippen LogP contribution in [0, 0.1) is 29.9 Å². The Labute approximate surface area is 216 Å². The molecule has 0 spiro atoms. The second-order valence-electron chi connectivity index (χ2n) is 8.71. The lowest BCUT2D eigenvalue weighted by Crippen LogP contribution is -2.37. The number of imide groups is 1. The lowest BCUT2D eigenvalue weighted by Gasteiger charge is -2.28. The van der Waals surface area contributed by atoms with Gasteiger partial charge in [-0.2, -0.15) is 0 Å². The summed E-state index contributed by atoms with van der Waals surface area (Å²) in [5, 5.41) is 13.1. The summed E-state index contributed by atoms with van der Waals surface area (Å²) >= 11 is 1.16. The molecule has 2 aliphatic heterocycles. The van der Waals surface area contributed by atoms with E-state index in [0.717, 1.165) is 21.1 Å². The number of nitrogens with zero attached hydrogens (tertiary/aromatic N) is 3. The number of esters is 1. The number of hydrogen-bond donors (Lipinski definition) is 0. The maximum absolute atomic E-state index is 13.9. The summed E-state index contributed by atoms with van der Waals surface area (Å²) in [4.78, 5) is 59.3. The largest absolute Gasteiger partial charge is 0.462 e. The van der Waals surface area contributed by atoms with Crippen molar-refractivity contribution < 1.29 is 28.9 Å². The van der Waals surface area contributed by atoms with Gasteiger partial charge >= 0.3 is 5.97 Å². The third kappa shape index (κ3) is 3.96. The number of aryl methyl sites for hydroxylation is 1. The molecule has 3 heterocycles. The lowest BCUT2D eigenvalue weighted by molar-refractivity contribution is -0.384. The summed E-state index contributed by atoms with van der Waals surface area (Å²) in [6.45, 7) is 5.37. The molecule has 5 rings (SSSR count). The van der Waals surface area contributed by atoms with Gasteiger partial charge in [0, 0.05) is 17.0 Å². The maximum atomic E-state index is 13.9. The number of rotatable bonds is 6. The molecule has 2 saturated heterocycles. The van der Waals surface area contributed by atoms with Crippen LogP contribution >= 0.6 is 11.3 Å². The third-order valence-electron chi connectivity index (χ3n) is 6.60. The van der Waals surface area contributed by atoms with Gasteiger partial charge in [0.05, 0.1) is 28.8 Å². The lowest BCUT2D eigenvalue weighted by atomic mass is 9.90. The Hall–Kier alpha value is -4.09. The molecule has 0 bridgehead atoms. The zero-order chi connectivity index (χ0) is 26.4. The Morgan fingerprint density at radius 2 is 1.84 bits per heavy atom.